The molecule has 152 valence electrons. The summed E-state index contributed by atoms with van der Waals surface area (Å²) in [7, 11) is -3.68. The molecule has 0 heterocycles. The van der Waals surface area contributed by atoms with Crippen molar-refractivity contribution in [2.45, 2.75) is 44.4 Å². The number of phenolic OH excluding ortho intramolecular Hbond substituents is 1. The minimum absolute atomic E-state index is 0.0339. The number of phenols is 1. The van der Waals surface area contributed by atoms with Crippen LogP contribution in [0.3, 0.4) is 0 Å². The Kier molecular flexibility index (Phi) is 6.85. The zero-order valence-corrected chi connectivity index (χ0v) is 17.6. The average molecular weight is 405 g/mol. The Hall–Kier alpha value is -2.38. The van der Waals surface area contributed by atoms with Gasteiger partial charge in [0.05, 0.1) is 10.6 Å². The van der Waals surface area contributed by atoms with E-state index in [9.17, 15) is 18.3 Å². The Morgan fingerprint density at radius 3 is 2.25 bits per heavy atom. The summed E-state index contributed by atoms with van der Waals surface area (Å²) >= 11 is 0. The van der Waals surface area contributed by atoms with Crippen molar-refractivity contribution >= 4 is 21.6 Å². The first-order chi connectivity index (χ1) is 13.1. The largest absolute Gasteiger partial charge is 0.506 e. The zero-order valence-electron chi connectivity index (χ0n) is 16.8. The summed E-state index contributed by atoms with van der Waals surface area (Å²) in [5.74, 6) is -0.481. The molecule has 0 aliphatic carbocycles. The molecule has 0 saturated heterocycles. The van der Waals surface area contributed by atoms with Crippen molar-refractivity contribution in [1.82, 2.24) is 4.31 Å². The number of rotatable bonds is 8. The van der Waals surface area contributed by atoms with Crippen molar-refractivity contribution in [3.05, 3.63) is 54.1 Å². The SMILES string of the molecule is CCN(CC)S(=O)(=O)c1ccc(O)c(NC(=O)CC(C)(C)c2ccccc2)c1. The number of sulfonamides is 1. The summed E-state index contributed by atoms with van der Waals surface area (Å²) in [5.41, 5.74) is 0.695. The van der Waals surface area contributed by atoms with Gasteiger partial charge in [0.2, 0.25) is 15.9 Å². The van der Waals surface area contributed by atoms with Gasteiger partial charge in [-0.1, -0.05) is 58.0 Å². The van der Waals surface area contributed by atoms with Crippen LogP contribution in [-0.4, -0.2) is 36.8 Å². The minimum Gasteiger partial charge on any atom is -0.506 e. The molecule has 0 aromatic heterocycles. The van der Waals surface area contributed by atoms with Gasteiger partial charge in [0.15, 0.2) is 0 Å². The summed E-state index contributed by atoms with van der Waals surface area (Å²) < 4.78 is 26.7. The van der Waals surface area contributed by atoms with E-state index in [4.69, 9.17) is 0 Å². The van der Waals surface area contributed by atoms with Crippen LogP contribution in [0.4, 0.5) is 5.69 Å². The number of benzene rings is 2. The molecule has 2 N–H and O–H groups in total. The van der Waals surface area contributed by atoms with E-state index in [1.807, 2.05) is 44.2 Å². The normalized spacial score (nSPS) is 12.2. The Bertz CT molecular complexity index is 921. The molecule has 2 aromatic rings. The number of nitrogens with one attached hydrogen (secondary N) is 1. The molecule has 0 aliphatic heterocycles. The molecule has 28 heavy (non-hydrogen) atoms. The molecule has 0 atom stereocenters. The lowest BCUT2D eigenvalue weighted by atomic mass is 9.81. The van der Waals surface area contributed by atoms with E-state index in [0.717, 1.165) is 5.56 Å². The third-order valence-corrected chi connectivity index (χ3v) is 6.79. The number of aromatic hydroxyl groups is 1. The van der Waals surface area contributed by atoms with Crippen LogP contribution >= 0.6 is 0 Å². The predicted octanol–water partition coefficient (Wildman–Crippen LogP) is 3.73. The van der Waals surface area contributed by atoms with Crippen molar-refractivity contribution in [3.63, 3.8) is 0 Å². The molecule has 0 spiro atoms. The van der Waals surface area contributed by atoms with Gasteiger partial charge in [-0.15, -0.1) is 0 Å². The number of hydrogen-bond acceptors (Lipinski definition) is 4. The fraction of sp³-hybridized carbons (Fsp3) is 0.381. The first-order valence-electron chi connectivity index (χ1n) is 9.30. The maximum atomic E-state index is 12.7. The lowest BCUT2D eigenvalue weighted by Crippen LogP contribution is -2.30. The van der Waals surface area contributed by atoms with E-state index in [1.165, 1.54) is 22.5 Å². The Morgan fingerprint density at radius 2 is 1.68 bits per heavy atom. The number of hydrogen-bond donors (Lipinski definition) is 2. The van der Waals surface area contributed by atoms with Crippen LogP contribution < -0.4 is 5.32 Å². The molecule has 6 nitrogen and oxygen atoms in total. The molecule has 0 bridgehead atoms. The van der Waals surface area contributed by atoms with Crippen molar-refractivity contribution in [1.29, 1.82) is 0 Å². The maximum absolute atomic E-state index is 12.7. The highest BCUT2D eigenvalue weighted by atomic mass is 32.2. The van der Waals surface area contributed by atoms with Crippen LogP contribution in [0.15, 0.2) is 53.4 Å². The van der Waals surface area contributed by atoms with Gasteiger partial charge in [0.25, 0.3) is 0 Å². The third-order valence-electron chi connectivity index (χ3n) is 4.74. The first-order valence-corrected chi connectivity index (χ1v) is 10.7. The summed E-state index contributed by atoms with van der Waals surface area (Å²) in [6, 6.07) is 13.6. The summed E-state index contributed by atoms with van der Waals surface area (Å²) in [6.45, 7) is 8.12. The van der Waals surface area contributed by atoms with Crippen molar-refractivity contribution in [2.24, 2.45) is 0 Å². The van der Waals surface area contributed by atoms with Gasteiger partial charge in [-0.05, 0) is 29.2 Å². The van der Waals surface area contributed by atoms with Crippen LogP contribution in [0.5, 0.6) is 5.75 Å². The third kappa shape index (κ3) is 4.91. The quantitative estimate of drug-likeness (QED) is 0.657. The van der Waals surface area contributed by atoms with E-state index < -0.39 is 15.4 Å². The average Bonchev–Trinajstić information content (AvgIpc) is 2.64. The van der Waals surface area contributed by atoms with Gasteiger partial charge in [-0.2, -0.15) is 4.31 Å². The minimum atomic E-state index is -3.68. The van der Waals surface area contributed by atoms with Crippen LogP contribution in [-0.2, 0) is 20.2 Å². The van der Waals surface area contributed by atoms with Crippen LogP contribution in [0.25, 0.3) is 0 Å². The fourth-order valence-electron chi connectivity index (χ4n) is 3.08. The predicted molar refractivity (Wildman–Crippen MR) is 111 cm³/mol. The molecule has 0 fully saturated rings. The highest BCUT2D eigenvalue weighted by Gasteiger charge is 2.26. The molecular formula is C21H28N2O4S. The topological polar surface area (TPSA) is 86.7 Å². The number of nitrogens with zero attached hydrogens (tertiary/aromatic N) is 1. The molecular weight excluding hydrogens is 376 g/mol. The van der Waals surface area contributed by atoms with Crippen molar-refractivity contribution < 1.29 is 18.3 Å². The maximum Gasteiger partial charge on any atom is 0.243 e. The van der Waals surface area contributed by atoms with Gasteiger partial charge < -0.3 is 10.4 Å². The zero-order chi connectivity index (χ0) is 20.9. The Balaban J connectivity index is 2.23. The van der Waals surface area contributed by atoms with Gasteiger partial charge in [0.1, 0.15) is 5.75 Å². The summed E-state index contributed by atoms with van der Waals surface area (Å²) in [6.07, 6.45) is 0.184. The first kappa shape index (κ1) is 21.9. The van der Waals surface area contributed by atoms with Crippen molar-refractivity contribution in [2.75, 3.05) is 18.4 Å². The highest BCUT2D eigenvalue weighted by molar-refractivity contribution is 7.89. The lowest BCUT2D eigenvalue weighted by Gasteiger charge is -2.25. The van der Waals surface area contributed by atoms with Gasteiger partial charge >= 0.3 is 0 Å². The number of anilines is 1. The van der Waals surface area contributed by atoms with Crippen LogP contribution in [0.2, 0.25) is 0 Å². The molecule has 2 rings (SSSR count). The smallest absolute Gasteiger partial charge is 0.243 e. The van der Waals surface area contributed by atoms with Crippen molar-refractivity contribution in [3.8, 4) is 5.75 Å². The summed E-state index contributed by atoms with van der Waals surface area (Å²) in [4.78, 5) is 12.6. The molecule has 1 amide bonds. The molecule has 0 saturated carbocycles. The van der Waals surface area contributed by atoms with E-state index in [-0.39, 0.29) is 28.7 Å². The number of amides is 1. The second-order valence-electron chi connectivity index (χ2n) is 7.24. The molecule has 0 radical (unpaired) electrons. The number of carbonyl (C=O) groups is 1. The lowest BCUT2D eigenvalue weighted by molar-refractivity contribution is -0.117. The second-order valence-corrected chi connectivity index (χ2v) is 9.18. The summed E-state index contributed by atoms with van der Waals surface area (Å²) in [5, 5.41) is 12.7. The molecule has 7 heteroatoms. The van der Waals surface area contributed by atoms with Crippen LogP contribution in [0, 0.1) is 0 Å². The van der Waals surface area contributed by atoms with Gasteiger partial charge in [-0.3, -0.25) is 4.79 Å². The van der Waals surface area contributed by atoms with Gasteiger partial charge in [0, 0.05) is 19.5 Å². The molecule has 0 unspecified atom stereocenters. The van der Waals surface area contributed by atoms with Gasteiger partial charge in [-0.25, -0.2) is 8.42 Å². The standard InChI is InChI=1S/C21H28N2O4S/c1-5-23(6-2)28(26,27)17-12-13-19(24)18(14-17)22-20(25)15-21(3,4)16-10-8-7-9-11-16/h7-14,24H,5-6,15H2,1-4H3,(H,22,25). The van der Waals surface area contributed by atoms with Crippen LogP contribution in [0.1, 0.15) is 39.7 Å². The Labute approximate surface area is 167 Å². The van der Waals surface area contributed by atoms with E-state index in [0.29, 0.717) is 13.1 Å². The van der Waals surface area contributed by atoms with E-state index in [1.54, 1.807) is 13.8 Å². The number of carbonyl (C=O) groups excluding carboxylic acids is 1. The highest BCUT2D eigenvalue weighted by Crippen LogP contribution is 2.30. The molecule has 2 aromatic carbocycles. The monoisotopic (exact) mass is 404 g/mol. The van der Waals surface area contributed by atoms with E-state index >= 15 is 0 Å². The molecule has 0 aliphatic rings. The van der Waals surface area contributed by atoms with E-state index in [2.05, 4.69) is 5.32 Å². The second kappa shape index (κ2) is 8.75. The Morgan fingerprint density at radius 1 is 1.07 bits per heavy atom. The fourth-order valence-corrected chi connectivity index (χ4v) is 4.56.